The van der Waals surface area contributed by atoms with Crippen molar-refractivity contribution in [1.29, 1.82) is 0 Å². The summed E-state index contributed by atoms with van der Waals surface area (Å²) in [4.78, 5) is 25.3. The van der Waals surface area contributed by atoms with Crippen molar-refractivity contribution >= 4 is 5.91 Å². The third kappa shape index (κ3) is 4.14. The molecule has 1 heterocycles. The molecule has 1 atom stereocenters. The molecule has 1 amide bonds. The van der Waals surface area contributed by atoms with E-state index in [1.807, 2.05) is 74.5 Å². The van der Waals surface area contributed by atoms with Crippen molar-refractivity contribution in [3.8, 4) is 5.69 Å². The first-order chi connectivity index (χ1) is 13.0. The molecule has 3 aromatic rings. The fourth-order valence-corrected chi connectivity index (χ4v) is 3.04. The minimum Gasteiger partial charge on any atom is -0.343 e. The quantitative estimate of drug-likeness (QED) is 0.754. The molecule has 0 aliphatic heterocycles. The van der Waals surface area contributed by atoms with Crippen LogP contribution in [-0.2, 0) is 0 Å². The number of amides is 1. The van der Waals surface area contributed by atoms with Crippen LogP contribution >= 0.6 is 0 Å². The van der Waals surface area contributed by atoms with E-state index in [0.29, 0.717) is 5.69 Å². The maximum atomic E-state index is 12.9. The number of aromatic nitrogens is 2. The summed E-state index contributed by atoms with van der Waals surface area (Å²) in [5, 5.41) is 7.31. The summed E-state index contributed by atoms with van der Waals surface area (Å²) in [6.07, 6.45) is 0. The number of benzene rings is 2. The lowest BCUT2D eigenvalue weighted by Gasteiger charge is -2.23. The number of aryl methyl sites for hydroxylation is 1. The van der Waals surface area contributed by atoms with E-state index in [-0.39, 0.29) is 23.1 Å². The molecule has 0 radical (unpaired) electrons. The molecule has 2 aromatic carbocycles. The van der Waals surface area contributed by atoms with Crippen LogP contribution in [0, 0.1) is 12.8 Å². The third-order valence-corrected chi connectivity index (χ3v) is 4.44. The van der Waals surface area contributed by atoms with Gasteiger partial charge in [0.05, 0.1) is 11.7 Å². The molecule has 138 valence electrons. The Morgan fingerprint density at radius 1 is 1.00 bits per heavy atom. The molecule has 0 spiro atoms. The summed E-state index contributed by atoms with van der Waals surface area (Å²) in [6.45, 7) is 5.86. The molecule has 1 N–H and O–H groups in total. The van der Waals surface area contributed by atoms with Gasteiger partial charge >= 0.3 is 0 Å². The SMILES string of the molecule is Cc1cc(=O)c(C(=O)NC(c2ccccc2)C(C)C)nn1-c1ccccc1. The van der Waals surface area contributed by atoms with Gasteiger partial charge in [0.15, 0.2) is 5.69 Å². The number of hydrogen-bond donors (Lipinski definition) is 1. The number of nitrogens with one attached hydrogen (secondary N) is 1. The molecule has 5 heteroatoms. The van der Waals surface area contributed by atoms with Gasteiger partial charge in [0.25, 0.3) is 5.91 Å². The lowest BCUT2D eigenvalue weighted by molar-refractivity contribution is 0.0917. The molecule has 0 bridgehead atoms. The number of carbonyl (C=O) groups excluding carboxylic acids is 1. The van der Waals surface area contributed by atoms with Crippen LogP contribution in [0.15, 0.2) is 71.5 Å². The second-order valence-corrected chi connectivity index (χ2v) is 6.85. The Kier molecular flexibility index (Phi) is 5.50. The van der Waals surface area contributed by atoms with Crippen LogP contribution < -0.4 is 10.7 Å². The summed E-state index contributed by atoms with van der Waals surface area (Å²) >= 11 is 0. The summed E-state index contributed by atoms with van der Waals surface area (Å²) < 4.78 is 1.61. The first kappa shape index (κ1) is 18.6. The minimum atomic E-state index is -0.466. The Bertz CT molecular complexity index is 979. The number of carbonyl (C=O) groups is 1. The molecule has 27 heavy (non-hydrogen) atoms. The molecule has 1 aromatic heterocycles. The smallest absolute Gasteiger partial charge is 0.276 e. The van der Waals surface area contributed by atoms with E-state index in [0.717, 1.165) is 11.3 Å². The topological polar surface area (TPSA) is 64.0 Å². The van der Waals surface area contributed by atoms with Crippen molar-refractivity contribution in [3.63, 3.8) is 0 Å². The van der Waals surface area contributed by atoms with Crippen LogP contribution in [0.3, 0.4) is 0 Å². The van der Waals surface area contributed by atoms with Crippen LogP contribution in [0.2, 0.25) is 0 Å². The van der Waals surface area contributed by atoms with E-state index in [1.165, 1.54) is 6.07 Å². The molecule has 1 unspecified atom stereocenters. The van der Waals surface area contributed by atoms with Crippen molar-refractivity contribution in [2.45, 2.75) is 26.8 Å². The van der Waals surface area contributed by atoms with Gasteiger partial charge in [0.1, 0.15) is 0 Å². The van der Waals surface area contributed by atoms with Gasteiger partial charge < -0.3 is 5.32 Å². The molecule has 0 aliphatic rings. The zero-order valence-electron chi connectivity index (χ0n) is 15.7. The molecular weight excluding hydrogens is 338 g/mol. The van der Waals surface area contributed by atoms with Crippen LogP contribution in [0.25, 0.3) is 5.69 Å². The fraction of sp³-hybridized carbons (Fsp3) is 0.227. The van der Waals surface area contributed by atoms with Gasteiger partial charge in [0.2, 0.25) is 5.43 Å². The van der Waals surface area contributed by atoms with Gasteiger partial charge in [-0.2, -0.15) is 5.10 Å². The number of rotatable bonds is 5. The van der Waals surface area contributed by atoms with E-state index >= 15 is 0 Å². The van der Waals surface area contributed by atoms with E-state index in [9.17, 15) is 9.59 Å². The second kappa shape index (κ2) is 7.99. The fourth-order valence-electron chi connectivity index (χ4n) is 3.04. The van der Waals surface area contributed by atoms with Crippen molar-refractivity contribution < 1.29 is 4.79 Å². The first-order valence-corrected chi connectivity index (χ1v) is 8.99. The van der Waals surface area contributed by atoms with Crippen LogP contribution in [0.4, 0.5) is 0 Å². The Balaban J connectivity index is 1.96. The number of para-hydroxylation sites is 1. The van der Waals surface area contributed by atoms with Crippen molar-refractivity contribution in [2.24, 2.45) is 5.92 Å². The molecule has 3 rings (SSSR count). The molecule has 0 fully saturated rings. The van der Waals surface area contributed by atoms with Gasteiger partial charge in [0, 0.05) is 11.8 Å². The minimum absolute atomic E-state index is 0.106. The maximum Gasteiger partial charge on any atom is 0.276 e. The van der Waals surface area contributed by atoms with Crippen molar-refractivity contribution in [3.05, 3.63) is 93.9 Å². The average molecular weight is 361 g/mol. The van der Waals surface area contributed by atoms with Crippen LogP contribution in [0.5, 0.6) is 0 Å². The monoisotopic (exact) mass is 361 g/mol. The average Bonchev–Trinajstić information content (AvgIpc) is 2.67. The molecular formula is C22H23N3O2. The van der Waals surface area contributed by atoms with Crippen LogP contribution in [0.1, 0.15) is 41.6 Å². The van der Waals surface area contributed by atoms with Gasteiger partial charge in [-0.25, -0.2) is 4.68 Å². The van der Waals surface area contributed by atoms with Gasteiger partial charge in [-0.3, -0.25) is 9.59 Å². The molecule has 0 saturated carbocycles. The molecule has 0 saturated heterocycles. The summed E-state index contributed by atoms with van der Waals surface area (Å²) in [5.41, 5.74) is 1.98. The highest BCUT2D eigenvalue weighted by molar-refractivity contribution is 5.92. The third-order valence-electron chi connectivity index (χ3n) is 4.44. The van der Waals surface area contributed by atoms with Gasteiger partial charge in [-0.05, 0) is 30.5 Å². The highest BCUT2D eigenvalue weighted by Gasteiger charge is 2.22. The first-order valence-electron chi connectivity index (χ1n) is 8.99. The second-order valence-electron chi connectivity index (χ2n) is 6.85. The maximum absolute atomic E-state index is 12.9. The zero-order chi connectivity index (χ0) is 19.4. The van der Waals surface area contributed by atoms with Gasteiger partial charge in [-0.1, -0.05) is 62.4 Å². The standard InChI is InChI=1S/C22H23N3O2/c1-15(2)20(17-10-6-4-7-11-17)23-22(27)21-19(26)14-16(3)25(24-21)18-12-8-5-9-13-18/h4-15,20H,1-3H3,(H,23,27). The van der Waals surface area contributed by atoms with E-state index < -0.39 is 5.91 Å². The van der Waals surface area contributed by atoms with Crippen LogP contribution in [-0.4, -0.2) is 15.7 Å². The van der Waals surface area contributed by atoms with Gasteiger partial charge in [-0.15, -0.1) is 0 Å². The Hall–Kier alpha value is -3.21. The largest absolute Gasteiger partial charge is 0.343 e. The highest BCUT2D eigenvalue weighted by Crippen LogP contribution is 2.21. The predicted molar refractivity (Wildman–Crippen MR) is 106 cm³/mol. The summed E-state index contributed by atoms with van der Waals surface area (Å²) in [7, 11) is 0. The van der Waals surface area contributed by atoms with Crippen molar-refractivity contribution in [2.75, 3.05) is 0 Å². The van der Waals surface area contributed by atoms with E-state index in [1.54, 1.807) is 11.6 Å². The van der Waals surface area contributed by atoms with E-state index in [2.05, 4.69) is 10.4 Å². The molecule has 0 aliphatic carbocycles. The normalized spacial score (nSPS) is 12.0. The number of hydrogen-bond acceptors (Lipinski definition) is 3. The summed E-state index contributed by atoms with van der Waals surface area (Å²) in [6, 6.07) is 20.4. The lowest BCUT2D eigenvalue weighted by Crippen LogP contribution is -2.36. The zero-order valence-corrected chi connectivity index (χ0v) is 15.7. The lowest BCUT2D eigenvalue weighted by atomic mass is 9.96. The number of nitrogens with zero attached hydrogens (tertiary/aromatic N) is 2. The summed E-state index contributed by atoms with van der Waals surface area (Å²) in [5.74, 6) is -0.301. The predicted octanol–water partition coefficient (Wildman–Crippen LogP) is 3.67. The highest BCUT2D eigenvalue weighted by atomic mass is 16.2. The Morgan fingerprint density at radius 3 is 2.19 bits per heavy atom. The van der Waals surface area contributed by atoms with E-state index in [4.69, 9.17) is 0 Å². The Labute approximate surface area is 158 Å². The Morgan fingerprint density at radius 2 is 1.59 bits per heavy atom. The molecule has 5 nitrogen and oxygen atoms in total. The van der Waals surface area contributed by atoms with Crippen molar-refractivity contribution in [1.82, 2.24) is 15.1 Å².